The van der Waals surface area contributed by atoms with Crippen LogP contribution in [0.4, 0.5) is 5.82 Å². The van der Waals surface area contributed by atoms with Crippen LogP contribution in [0.5, 0.6) is 0 Å². The molecule has 4 rings (SSSR count). The molecule has 4 heterocycles. The molecule has 1 aliphatic heterocycles. The number of carbonyl (C=O) groups is 1. The van der Waals surface area contributed by atoms with Crippen LogP contribution in [0.25, 0.3) is 22.4 Å². The van der Waals surface area contributed by atoms with E-state index in [0.717, 1.165) is 23.2 Å². The molecule has 1 aliphatic rings. The molecule has 106 valence electrons. The molecule has 0 spiro atoms. The average Bonchev–Trinajstić information content (AvgIpc) is 3.19. The Hall–Kier alpha value is -2.90. The number of nitrogens with one attached hydrogen (secondary N) is 3. The number of hydrazine groups is 1. The second-order valence-electron chi connectivity index (χ2n) is 4.90. The molecule has 0 unspecified atom stereocenters. The fraction of sp³-hybridized carbons (Fsp3) is 0.231. The predicted octanol–water partition coefficient (Wildman–Crippen LogP) is 1.30. The lowest BCUT2D eigenvalue weighted by Gasteiger charge is -2.17. The largest absolute Gasteiger partial charge is 0.338 e. The van der Waals surface area contributed by atoms with Crippen molar-refractivity contribution in [1.29, 1.82) is 0 Å². The topological polar surface area (TPSA) is 103 Å². The maximum atomic E-state index is 11.7. The smallest absolute Gasteiger partial charge is 0.241 e. The van der Waals surface area contributed by atoms with E-state index in [1.807, 2.05) is 12.1 Å². The van der Waals surface area contributed by atoms with E-state index in [0.29, 0.717) is 24.4 Å². The van der Waals surface area contributed by atoms with Gasteiger partial charge in [-0.25, -0.2) is 9.97 Å². The minimum atomic E-state index is 0.0890. The van der Waals surface area contributed by atoms with Crippen LogP contribution in [0.3, 0.4) is 0 Å². The van der Waals surface area contributed by atoms with Gasteiger partial charge in [-0.3, -0.25) is 20.3 Å². The van der Waals surface area contributed by atoms with Crippen molar-refractivity contribution < 1.29 is 4.79 Å². The number of hydrogen-bond donors (Lipinski definition) is 3. The van der Waals surface area contributed by atoms with Crippen molar-refractivity contribution in [3.05, 3.63) is 24.7 Å². The van der Waals surface area contributed by atoms with Crippen molar-refractivity contribution in [1.82, 2.24) is 30.2 Å². The molecular weight excluding hydrogens is 270 g/mol. The summed E-state index contributed by atoms with van der Waals surface area (Å²) < 4.78 is 0. The van der Waals surface area contributed by atoms with E-state index in [2.05, 4.69) is 30.6 Å². The van der Waals surface area contributed by atoms with E-state index in [9.17, 15) is 4.79 Å². The number of aromatic amines is 2. The molecule has 3 aromatic rings. The molecule has 0 atom stereocenters. The highest BCUT2D eigenvalue weighted by atomic mass is 16.2. The van der Waals surface area contributed by atoms with Gasteiger partial charge in [0.15, 0.2) is 5.82 Å². The summed E-state index contributed by atoms with van der Waals surface area (Å²) in [5, 5.41) is 9.27. The highest BCUT2D eigenvalue weighted by molar-refractivity contribution is 5.92. The highest BCUT2D eigenvalue weighted by Gasteiger charge is 2.21. The van der Waals surface area contributed by atoms with Crippen LogP contribution in [-0.4, -0.2) is 42.6 Å². The van der Waals surface area contributed by atoms with E-state index in [-0.39, 0.29) is 5.91 Å². The molecule has 0 aliphatic carbocycles. The summed E-state index contributed by atoms with van der Waals surface area (Å²) in [4.78, 5) is 23.4. The molecule has 1 fully saturated rings. The Morgan fingerprint density at radius 1 is 1.29 bits per heavy atom. The number of carbonyl (C=O) groups excluding carboxylic acids is 1. The van der Waals surface area contributed by atoms with Crippen molar-refractivity contribution >= 4 is 22.8 Å². The van der Waals surface area contributed by atoms with Crippen molar-refractivity contribution in [3.63, 3.8) is 0 Å². The third kappa shape index (κ3) is 2.00. The summed E-state index contributed by atoms with van der Waals surface area (Å²) in [6, 6.07) is 3.81. The Morgan fingerprint density at radius 3 is 3.00 bits per heavy atom. The van der Waals surface area contributed by atoms with Crippen LogP contribution in [0.1, 0.15) is 12.8 Å². The zero-order chi connectivity index (χ0) is 14.2. The van der Waals surface area contributed by atoms with Gasteiger partial charge < -0.3 is 4.98 Å². The first-order chi connectivity index (χ1) is 10.3. The summed E-state index contributed by atoms with van der Waals surface area (Å²) in [6.07, 6.45) is 4.60. The number of aromatic nitrogens is 5. The summed E-state index contributed by atoms with van der Waals surface area (Å²) in [7, 11) is 0. The lowest BCUT2D eigenvalue weighted by atomic mass is 10.3. The molecule has 0 aromatic carbocycles. The third-order valence-corrected chi connectivity index (χ3v) is 3.53. The Bertz CT molecular complexity index is 792. The molecular formula is C13H13N7O. The minimum Gasteiger partial charge on any atom is -0.338 e. The third-order valence-electron chi connectivity index (χ3n) is 3.53. The fourth-order valence-electron chi connectivity index (χ4n) is 2.47. The van der Waals surface area contributed by atoms with Crippen molar-refractivity contribution in [2.45, 2.75) is 12.8 Å². The number of fused-ring (bicyclic) bond motifs is 1. The van der Waals surface area contributed by atoms with E-state index < -0.39 is 0 Å². The van der Waals surface area contributed by atoms with Crippen LogP contribution < -0.4 is 5.43 Å². The van der Waals surface area contributed by atoms with Crippen molar-refractivity contribution in [2.24, 2.45) is 0 Å². The maximum absolute atomic E-state index is 11.7. The molecule has 3 N–H and O–H groups in total. The van der Waals surface area contributed by atoms with Crippen LogP contribution in [0.2, 0.25) is 0 Å². The number of anilines is 1. The number of amides is 1. The van der Waals surface area contributed by atoms with Gasteiger partial charge in [0.25, 0.3) is 0 Å². The zero-order valence-electron chi connectivity index (χ0n) is 11.1. The normalized spacial score (nSPS) is 15.0. The van der Waals surface area contributed by atoms with Crippen molar-refractivity contribution in [2.75, 3.05) is 12.0 Å². The highest BCUT2D eigenvalue weighted by Crippen LogP contribution is 2.26. The van der Waals surface area contributed by atoms with Gasteiger partial charge in [0, 0.05) is 19.2 Å². The Kier molecular flexibility index (Phi) is 2.59. The molecule has 0 bridgehead atoms. The molecule has 8 heteroatoms. The maximum Gasteiger partial charge on any atom is 0.241 e. The summed E-state index contributed by atoms with van der Waals surface area (Å²) in [6.45, 7) is 0.697. The second kappa shape index (κ2) is 4.58. The molecule has 0 saturated carbocycles. The quantitative estimate of drug-likeness (QED) is 0.672. The Labute approximate surface area is 119 Å². The van der Waals surface area contributed by atoms with Crippen LogP contribution in [0, 0.1) is 0 Å². The SMILES string of the molecule is O=C1CCCN1Nc1ncnc2[nH]c(-c3ccn[nH]3)cc12. The monoisotopic (exact) mass is 283 g/mol. The van der Waals surface area contributed by atoms with E-state index in [1.54, 1.807) is 11.2 Å². The Balaban J connectivity index is 1.74. The minimum absolute atomic E-state index is 0.0890. The standard InChI is InChI=1S/C13H13N7O/c21-11-2-1-5-20(11)19-13-8-6-10(9-3-4-16-18-9)17-12(8)14-7-15-13/h3-4,6-7H,1-2,5H2,(H,16,18)(H2,14,15,17,19). The molecule has 0 radical (unpaired) electrons. The van der Waals surface area contributed by atoms with E-state index >= 15 is 0 Å². The lowest BCUT2D eigenvalue weighted by Crippen LogP contribution is -2.31. The van der Waals surface area contributed by atoms with Crippen molar-refractivity contribution in [3.8, 4) is 11.4 Å². The summed E-state index contributed by atoms with van der Waals surface area (Å²) in [5.74, 6) is 0.711. The molecule has 3 aromatic heterocycles. The van der Waals surface area contributed by atoms with E-state index in [4.69, 9.17) is 0 Å². The molecule has 21 heavy (non-hydrogen) atoms. The van der Waals surface area contributed by atoms with Crippen LogP contribution in [0.15, 0.2) is 24.7 Å². The number of H-pyrrole nitrogens is 2. The first-order valence-corrected chi connectivity index (χ1v) is 6.72. The van der Waals surface area contributed by atoms with Gasteiger partial charge in [-0.2, -0.15) is 5.10 Å². The van der Waals surface area contributed by atoms with Gasteiger partial charge in [0.1, 0.15) is 12.0 Å². The van der Waals surface area contributed by atoms with Gasteiger partial charge in [0.05, 0.1) is 16.8 Å². The van der Waals surface area contributed by atoms with Gasteiger partial charge in [0.2, 0.25) is 5.91 Å². The first-order valence-electron chi connectivity index (χ1n) is 6.72. The van der Waals surface area contributed by atoms with Gasteiger partial charge in [-0.1, -0.05) is 0 Å². The molecule has 1 amide bonds. The number of rotatable bonds is 3. The van der Waals surface area contributed by atoms with Gasteiger partial charge in [-0.15, -0.1) is 0 Å². The molecule has 8 nitrogen and oxygen atoms in total. The van der Waals surface area contributed by atoms with E-state index in [1.165, 1.54) is 6.33 Å². The lowest BCUT2D eigenvalue weighted by molar-refractivity contribution is -0.126. The zero-order valence-corrected chi connectivity index (χ0v) is 11.1. The number of hydrogen-bond acceptors (Lipinski definition) is 5. The van der Waals surface area contributed by atoms with Gasteiger partial charge in [-0.05, 0) is 18.6 Å². The van der Waals surface area contributed by atoms with Gasteiger partial charge >= 0.3 is 0 Å². The molecule has 1 saturated heterocycles. The first kappa shape index (κ1) is 11.9. The Morgan fingerprint density at radius 2 is 2.24 bits per heavy atom. The van der Waals surface area contributed by atoms with Crippen LogP contribution in [-0.2, 0) is 4.79 Å². The average molecular weight is 283 g/mol. The second-order valence-corrected chi connectivity index (χ2v) is 4.90. The predicted molar refractivity (Wildman–Crippen MR) is 76.0 cm³/mol. The number of nitrogens with zero attached hydrogens (tertiary/aromatic N) is 4. The summed E-state index contributed by atoms with van der Waals surface area (Å²) in [5.41, 5.74) is 5.54. The van der Waals surface area contributed by atoms with Crippen LogP contribution >= 0.6 is 0 Å². The summed E-state index contributed by atoms with van der Waals surface area (Å²) >= 11 is 0. The fourth-order valence-corrected chi connectivity index (χ4v) is 2.47.